The highest BCUT2D eigenvalue weighted by Gasteiger charge is 2.21. The Morgan fingerprint density at radius 1 is 1.53 bits per heavy atom. The molecule has 0 aliphatic carbocycles. The molecule has 2 rings (SSSR count). The average Bonchev–Trinajstić information content (AvgIpc) is 2.84. The first-order valence-electron chi connectivity index (χ1n) is 6.10. The number of nitrogens with one attached hydrogen (secondary N) is 1. The molecule has 1 aromatic carbocycles. The van der Waals surface area contributed by atoms with E-state index in [1.54, 1.807) is 18.3 Å². The second-order valence-electron chi connectivity index (χ2n) is 4.22. The molecule has 3 N–H and O–H groups in total. The smallest absolute Gasteiger partial charge is 0.142 e. The Balaban J connectivity index is 2.44. The Morgan fingerprint density at radius 3 is 3.00 bits per heavy atom. The topological polar surface area (TPSA) is 55.9 Å². The predicted molar refractivity (Wildman–Crippen MR) is 73.1 cm³/mol. The lowest BCUT2D eigenvalue weighted by atomic mass is 10.1. The van der Waals surface area contributed by atoms with E-state index in [0.717, 1.165) is 18.8 Å². The van der Waals surface area contributed by atoms with Crippen molar-refractivity contribution in [3.8, 4) is 0 Å². The number of nitrogens with zero attached hydrogens (tertiary/aromatic N) is 2. The van der Waals surface area contributed by atoms with E-state index >= 15 is 0 Å². The number of hydrazine groups is 1. The van der Waals surface area contributed by atoms with Crippen LogP contribution in [0, 0.1) is 5.82 Å². The van der Waals surface area contributed by atoms with Crippen molar-refractivity contribution in [3.63, 3.8) is 0 Å². The van der Waals surface area contributed by atoms with Crippen LogP contribution in [0.25, 0.3) is 0 Å². The lowest BCUT2D eigenvalue weighted by molar-refractivity contribution is 0.541. The number of imidazole rings is 1. The van der Waals surface area contributed by atoms with Crippen LogP contribution in [0.1, 0.15) is 30.8 Å². The number of benzene rings is 1. The summed E-state index contributed by atoms with van der Waals surface area (Å²) >= 11 is 6.01. The molecule has 102 valence electrons. The summed E-state index contributed by atoms with van der Waals surface area (Å²) in [6, 6.07) is 4.22. The number of rotatable bonds is 5. The molecule has 1 heterocycles. The highest BCUT2D eigenvalue weighted by molar-refractivity contribution is 6.31. The second kappa shape index (κ2) is 6.14. The summed E-state index contributed by atoms with van der Waals surface area (Å²) in [5.74, 6) is 5.85. The summed E-state index contributed by atoms with van der Waals surface area (Å²) in [5, 5.41) is 0.0662. The van der Waals surface area contributed by atoms with Crippen molar-refractivity contribution in [1.82, 2.24) is 15.0 Å². The second-order valence-corrected chi connectivity index (χ2v) is 4.60. The number of halogens is 2. The van der Waals surface area contributed by atoms with E-state index in [-0.39, 0.29) is 5.02 Å². The normalized spacial score (nSPS) is 12.6. The molecule has 0 radical (unpaired) electrons. The predicted octanol–water partition coefficient (Wildman–Crippen LogP) is 2.64. The third kappa shape index (κ3) is 2.78. The van der Waals surface area contributed by atoms with Crippen LogP contribution in [0.2, 0.25) is 5.02 Å². The highest BCUT2D eigenvalue weighted by Crippen LogP contribution is 2.29. The lowest BCUT2D eigenvalue weighted by Crippen LogP contribution is -2.31. The largest absolute Gasteiger partial charge is 0.333 e. The van der Waals surface area contributed by atoms with Crippen molar-refractivity contribution < 1.29 is 4.39 Å². The summed E-state index contributed by atoms with van der Waals surface area (Å²) in [4.78, 5) is 4.29. The van der Waals surface area contributed by atoms with E-state index < -0.39 is 11.9 Å². The van der Waals surface area contributed by atoms with E-state index in [1.807, 2.05) is 10.8 Å². The number of nitrogens with two attached hydrogens (primary N) is 1. The zero-order valence-corrected chi connectivity index (χ0v) is 11.4. The third-order valence-corrected chi connectivity index (χ3v) is 3.33. The van der Waals surface area contributed by atoms with Crippen LogP contribution in [0.3, 0.4) is 0 Å². The Bertz CT molecular complexity index is 555. The molecule has 2 aromatic rings. The summed E-state index contributed by atoms with van der Waals surface area (Å²) < 4.78 is 15.5. The number of hydrogen-bond donors (Lipinski definition) is 2. The Kier molecular flexibility index (Phi) is 4.52. The maximum absolute atomic E-state index is 13.5. The van der Waals surface area contributed by atoms with Crippen LogP contribution in [-0.4, -0.2) is 9.55 Å². The van der Waals surface area contributed by atoms with E-state index in [4.69, 9.17) is 17.4 Å². The van der Waals surface area contributed by atoms with Crippen LogP contribution >= 0.6 is 11.6 Å². The van der Waals surface area contributed by atoms with E-state index in [0.29, 0.717) is 5.56 Å². The van der Waals surface area contributed by atoms with Gasteiger partial charge in [-0.15, -0.1) is 0 Å². The van der Waals surface area contributed by atoms with E-state index in [1.165, 1.54) is 6.07 Å². The van der Waals surface area contributed by atoms with Crippen LogP contribution in [0.5, 0.6) is 0 Å². The monoisotopic (exact) mass is 282 g/mol. The Labute approximate surface area is 116 Å². The minimum Gasteiger partial charge on any atom is -0.333 e. The molecule has 0 bridgehead atoms. The average molecular weight is 283 g/mol. The van der Waals surface area contributed by atoms with Crippen LogP contribution in [0.15, 0.2) is 30.6 Å². The SMILES string of the molecule is CCCn1ccnc1C(NN)c1cccc(F)c1Cl. The van der Waals surface area contributed by atoms with Crippen LogP contribution < -0.4 is 11.3 Å². The fraction of sp³-hybridized carbons (Fsp3) is 0.308. The number of hydrogen-bond acceptors (Lipinski definition) is 3. The zero-order valence-electron chi connectivity index (χ0n) is 10.6. The molecule has 1 unspecified atom stereocenters. The fourth-order valence-electron chi connectivity index (χ4n) is 2.06. The first-order chi connectivity index (χ1) is 9.19. The molecule has 6 heteroatoms. The van der Waals surface area contributed by atoms with Gasteiger partial charge in [0.25, 0.3) is 0 Å². The van der Waals surface area contributed by atoms with Gasteiger partial charge in [-0.05, 0) is 18.1 Å². The summed E-state index contributed by atoms with van der Waals surface area (Å²) in [6.07, 6.45) is 4.54. The fourth-order valence-corrected chi connectivity index (χ4v) is 2.29. The van der Waals surface area contributed by atoms with E-state index in [2.05, 4.69) is 17.3 Å². The molecule has 0 aliphatic rings. The molecule has 19 heavy (non-hydrogen) atoms. The van der Waals surface area contributed by atoms with Crippen molar-refractivity contribution in [3.05, 3.63) is 52.8 Å². The number of aromatic nitrogens is 2. The maximum Gasteiger partial charge on any atom is 0.142 e. The summed E-state index contributed by atoms with van der Waals surface area (Å²) in [5.41, 5.74) is 3.23. The van der Waals surface area contributed by atoms with Gasteiger partial charge >= 0.3 is 0 Å². The minimum absolute atomic E-state index is 0.0662. The molecule has 0 saturated heterocycles. The standard InChI is InChI=1S/C13H16ClFN4/c1-2-7-19-8-6-17-13(19)12(18-16)9-4-3-5-10(15)11(9)14/h3-6,8,12,18H,2,7,16H2,1H3. The van der Waals surface area contributed by atoms with Gasteiger partial charge in [0, 0.05) is 18.9 Å². The molecule has 0 fully saturated rings. The van der Waals surface area contributed by atoms with Gasteiger partial charge in [0.1, 0.15) is 17.7 Å². The minimum atomic E-state index is -0.465. The van der Waals surface area contributed by atoms with Gasteiger partial charge in [-0.3, -0.25) is 5.84 Å². The summed E-state index contributed by atoms with van der Waals surface area (Å²) in [7, 11) is 0. The molecular formula is C13H16ClFN4. The van der Waals surface area contributed by atoms with Crippen LogP contribution in [-0.2, 0) is 6.54 Å². The van der Waals surface area contributed by atoms with E-state index in [9.17, 15) is 4.39 Å². The van der Waals surface area contributed by atoms with Gasteiger partial charge in [0.15, 0.2) is 0 Å². The molecule has 0 aliphatic heterocycles. The van der Waals surface area contributed by atoms with Crippen molar-refractivity contribution in [2.75, 3.05) is 0 Å². The van der Waals surface area contributed by atoms with Gasteiger partial charge < -0.3 is 4.57 Å². The van der Waals surface area contributed by atoms with Gasteiger partial charge in [-0.2, -0.15) is 0 Å². The zero-order chi connectivity index (χ0) is 13.8. The molecule has 1 atom stereocenters. The number of aryl methyl sites for hydroxylation is 1. The molecule has 4 nitrogen and oxygen atoms in total. The molecule has 0 saturated carbocycles. The van der Waals surface area contributed by atoms with Crippen molar-refractivity contribution >= 4 is 11.6 Å². The van der Waals surface area contributed by atoms with Gasteiger partial charge in [0.05, 0.1) is 5.02 Å². The van der Waals surface area contributed by atoms with Gasteiger partial charge in [-0.25, -0.2) is 14.8 Å². The van der Waals surface area contributed by atoms with Crippen LogP contribution in [0.4, 0.5) is 4.39 Å². The third-order valence-electron chi connectivity index (χ3n) is 2.93. The maximum atomic E-state index is 13.5. The first-order valence-corrected chi connectivity index (χ1v) is 6.47. The van der Waals surface area contributed by atoms with Crippen molar-refractivity contribution in [2.45, 2.75) is 25.9 Å². The Hall–Kier alpha value is -1.43. The molecule has 0 amide bonds. The first kappa shape index (κ1) is 14.0. The van der Waals surface area contributed by atoms with Crippen molar-refractivity contribution in [1.29, 1.82) is 0 Å². The molecular weight excluding hydrogens is 267 g/mol. The molecule has 0 spiro atoms. The van der Waals surface area contributed by atoms with Crippen molar-refractivity contribution in [2.24, 2.45) is 5.84 Å². The van der Waals surface area contributed by atoms with Gasteiger partial charge in [-0.1, -0.05) is 30.7 Å². The summed E-state index contributed by atoms with van der Waals surface area (Å²) in [6.45, 7) is 2.89. The lowest BCUT2D eigenvalue weighted by Gasteiger charge is -2.19. The molecule has 1 aromatic heterocycles. The Morgan fingerprint density at radius 2 is 2.32 bits per heavy atom. The quantitative estimate of drug-likeness (QED) is 0.655. The van der Waals surface area contributed by atoms with Gasteiger partial charge in [0.2, 0.25) is 0 Å². The highest BCUT2D eigenvalue weighted by atomic mass is 35.5.